The largest absolute Gasteiger partial charge is 0.471 e. The summed E-state index contributed by atoms with van der Waals surface area (Å²) >= 11 is 2.80. The minimum Gasteiger partial charge on any atom is -0.347 e. The molecular formula is C21H22F3N3O2S2. The average molecular weight is 470 g/mol. The van der Waals surface area contributed by atoms with E-state index in [0.29, 0.717) is 16.8 Å². The number of alkyl halides is 3. The number of hydrogen-bond donors (Lipinski definition) is 2. The van der Waals surface area contributed by atoms with Crippen LogP contribution in [0.5, 0.6) is 0 Å². The zero-order valence-corrected chi connectivity index (χ0v) is 18.4. The zero-order chi connectivity index (χ0) is 22.2. The number of nitrogens with zero attached hydrogens (tertiary/aromatic N) is 1. The van der Waals surface area contributed by atoms with E-state index in [4.69, 9.17) is 0 Å². The molecule has 0 radical (unpaired) electrons. The highest BCUT2D eigenvalue weighted by Crippen LogP contribution is 2.35. The van der Waals surface area contributed by atoms with Gasteiger partial charge in [0.15, 0.2) is 0 Å². The van der Waals surface area contributed by atoms with E-state index in [1.165, 1.54) is 35.2 Å². The van der Waals surface area contributed by atoms with Gasteiger partial charge in [0, 0.05) is 22.7 Å². The first kappa shape index (κ1) is 22.2. The number of hydrogen-bond acceptors (Lipinski definition) is 5. The number of nitrogens with one attached hydrogen (secondary N) is 2. The summed E-state index contributed by atoms with van der Waals surface area (Å²) in [5, 5.41) is 5.04. The van der Waals surface area contributed by atoms with Crippen LogP contribution in [0, 0.1) is 5.92 Å². The topological polar surface area (TPSA) is 61.4 Å². The van der Waals surface area contributed by atoms with Gasteiger partial charge >= 0.3 is 12.1 Å². The molecule has 2 aromatic rings. The van der Waals surface area contributed by atoms with Crippen LogP contribution in [-0.2, 0) is 4.79 Å². The highest BCUT2D eigenvalue weighted by Gasteiger charge is 2.40. The third kappa shape index (κ3) is 5.07. The third-order valence-corrected chi connectivity index (χ3v) is 8.09. The first-order chi connectivity index (χ1) is 14.7. The van der Waals surface area contributed by atoms with Gasteiger partial charge in [-0.05, 0) is 75.2 Å². The van der Waals surface area contributed by atoms with Crippen LogP contribution in [0.3, 0.4) is 0 Å². The minimum atomic E-state index is -4.92. The first-order valence-electron chi connectivity index (χ1n) is 10.0. The van der Waals surface area contributed by atoms with E-state index in [2.05, 4.69) is 17.1 Å². The summed E-state index contributed by atoms with van der Waals surface area (Å²) in [6.45, 7) is 4.39. The fourth-order valence-corrected chi connectivity index (χ4v) is 6.20. The fraction of sp³-hybridized carbons (Fsp3) is 0.429. The predicted octanol–water partition coefficient (Wildman–Crippen LogP) is 4.61. The Labute approximate surface area is 186 Å². The molecule has 4 heterocycles. The Morgan fingerprint density at radius 3 is 2.39 bits per heavy atom. The number of carbonyl (C=O) groups is 2. The number of benzene rings is 1. The highest BCUT2D eigenvalue weighted by atomic mass is 32.2. The van der Waals surface area contributed by atoms with Crippen molar-refractivity contribution in [3.63, 3.8) is 0 Å². The van der Waals surface area contributed by atoms with E-state index in [1.54, 1.807) is 18.2 Å². The summed E-state index contributed by atoms with van der Waals surface area (Å²) < 4.78 is 37.9. The minimum absolute atomic E-state index is 0.0624. The molecule has 2 amide bonds. The van der Waals surface area contributed by atoms with Gasteiger partial charge in [-0.2, -0.15) is 13.2 Å². The molecule has 166 valence electrons. The van der Waals surface area contributed by atoms with Gasteiger partial charge in [-0.25, -0.2) is 0 Å². The smallest absolute Gasteiger partial charge is 0.347 e. The number of thiophene rings is 1. The second-order valence-electron chi connectivity index (χ2n) is 7.81. The maximum atomic E-state index is 12.8. The van der Waals surface area contributed by atoms with Crippen LogP contribution in [0.2, 0.25) is 0 Å². The maximum absolute atomic E-state index is 12.8. The van der Waals surface area contributed by atoms with Gasteiger partial charge in [0.05, 0.1) is 9.09 Å². The van der Waals surface area contributed by atoms with Crippen molar-refractivity contribution in [2.75, 3.05) is 18.4 Å². The van der Waals surface area contributed by atoms with Crippen LogP contribution < -0.4 is 10.6 Å². The van der Waals surface area contributed by atoms with Gasteiger partial charge in [-0.3, -0.25) is 14.5 Å². The van der Waals surface area contributed by atoms with Crippen LogP contribution in [0.25, 0.3) is 0 Å². The van der Waals surface area contributed by atoms with Gasteiger partial charge < -0.3 is 10.6 Å². The Bertz CT molecular complexity index is 952. The van der Waals surface area contributed by atoms with Crippen molar-refractivity contribution in [1.29, 1.82) is 0 Å². The molecule has 3 saturated heterocycles. The Balaban J connectivity index is 1.34. The van der Waals surface area contributed by atoms with E-state index in [-0.39, 0.29) is 17.6 Å². The molecule has 3 aliphatic heterocycles. The molecule has 1 aromatic heterocycles. The maximum Gasteiger partial charge on any atom is 0.471 e. The van der Waals surface area contributed by atoms with Crippen LogP contribution >= 0.6 is 23.1 Å². The van der Waals surface area contributed by atoms with Crippen LogP contribution in [0.1, 0.15) is 29.4 Å². The van der Waals surface area contributed by atoms with Gasteiger partial charge in [0.25, 0.3) is 5.91 Å². The van der Waals surface area contributed by atoms with E-state index < -0.39 is 12.1 Å². The van der Waals surface area contributed by atoms with Crippen LogP contribution in [0.15, 0.2) is 45.5 Å². The molecule has 2 N–H and O–H groups in total. The molecule has 5 nitrogen and oxygen atoms in total. The predicted molar refractivity (Wildman–Crippen MR) is 115 cm³/mol. The molecule has 1 aromatic carbocycles. The Kier molecular flexibility index (Phi) is 6.32. The highest BCUT2D eigenvalue weighted by molar-refractivity contribution is 8.01. The van der Waals surface area contributed by atoms with Crippen LogP contribution in [-0.4, -0.2) is 48.1 Å². The van der Waals surface area contributed by atoms with E-state index in [9.17, 15) is 22.8 Å². The van der Waals surface area contributed by atoms with Crippen molar-refractivity contribution < 1.29 is 22.8 Å². The van der Waals surface area contributed by atoms with Gasteiger partial charge in [0.2, 0.25) is 0 Å². The summed E-state index contributed by atoms with van der Waals surface area (Å²) in [5.74, 6) is -1.53. The quantitative estimate of drug-likeness (QED) is 0.671. The van der Waals surface area contributed by atoms with Crippen LogP contribution in [0.4, 0.5) is 18.9 Å². The normalized spacial score (nSPS) is 25.3. The molecule has 0 spiro atoms. The van der Waals surface area contributed by atoms with Gasteiger partial charge in [-0.15, -0.1) is 11.3 Å². The number of rotatable bonds is 5. The monoisotopic (exact) mass is 469 g/mol. The van der Waals surface area contributed by atoms with E-state index in [0.717, 1.165) is 35.0 Å². The SMILES string of the molecule is C[C@@H]1[C@H](NC(=O)c2ccc(Sc3ccc(NC(=O)C(F)(F)F)cc3)s2)C2CCN1CC2. The zero-order valence-electron chi connectivity index (χ0n) is 16.7. The molecule has 2 atom stereocenters. The second-order valence-corrected chi connectivity index (χ2v) is 10.3. The van der Waals surface area contributed by atoms with Crippen molar-refractivity contribution in [2.24, 2.45) is 5.92 Å². The fourth-order valence-electron chi connectivity index (χ4n) is 4.19. The number of fused-ring (bicyclic) bond motifs is 3. The van der Waals surface area contributed by atoms with E-state index >= 15 is 0 Å². The number of anilines is 1. The lowest BCUT2D eigenvalue weighted by Crippen LogP contribution is -2.62. The number of halogens is 3. The molecular weight excluding hydrogens is 447 g/mol. The molecule has 31 heavy (non-hydrogen) atoms. The summed E-state index contributed by atoms with van der Waals surface area (Å²) in [5.41, 5.74) is 0.0737. The number of piperidine rings is 3. The van der Waals surface area contributed by atoms with Crippen molar-refractivity contribution in [2.45, 2.75) is 47.1 Å². The lowest BCUT2D eigenvalue weighted by atomic mass is 9.79. The Morgan fingerprint density at radius 2 is 1.77 bits per heavy atom. The molecule has 0 unspecified atom stereocenters. The average Bonchev–Trinajstić information content (AvgIpc) is 3.20. The lowest BCUT2D eigenvalue weighted by Gasteiger charge is -2.49. The Morgan fingerprint density at radius 1 is 1.10 bits per heavy atom. The second kappa shape index (κ2) is 8.84. The molecule has 3 fully saturated rings. The molecule has 5 rings (SSSR count). The van der Waals surface area contributed by atoms with Gasteiger partial charge in [0.1, 0.15) is 0 Å². The van der Waals surface area contributed by atoms with Crippen molar-refractivity contribution in [1.82, 2.24) is 10.2 Å². The van der Waals surface area contributed by atoms with Gasteiger partial charge in [-0.1, -0.05) is 11.8 Å². The summed E-state index contributed by atoms with van der Waals surface area (Å²) in [4.78, 5) is 27.6. The molecule has 10 heteroatoms. The third-order valence-electron chi connectivity index (χ3n) is 5.87. The molecule has 3 aliphatic rings. The summed E-state index contributed by atoms with van der Waals surface area (Å²) in [6, 6.07) is 10.3. The Hall–Kier alpha value is -2.04. The molecule has 0 saturated carbocycles. The first-order valence-corrected chi connectivity index (χ1v) is 11.6. The van der Waals surface area contributed by atoms with Crippen molar-refractivity contribution in [3.05, 3.63) is 41.3 Å². The standard InChI is InChI=1S/C21H22F3N3O2S2/c1-12-18(13-8-10-27(12)11-9-13)26-19(28)16-6-7-17(31-16)30-15-4-2-14(3-5-15)25-20(29)21(22,23)24/h2-7,12-13,18H,8-11H2,1H3,(H,25,29)(H,26,28)/t12-,18+/m1/s1. The van der Waals surface area contributed by atoms with E-state index in [1.807, 2.05) is 11.4 Å². The van der Waals surface area contributed by atoms with Crippen molar-refractivity contribution >= 4 is 40.6 Å². The lowest BCUT2D eigenvalue weighted by molar-refractivity contribution is -0.167. The summed E-state index contributed by atoms with van der Waals surface area (Å²) in [7, 11) is 0. The summed E-state index contributed by atoms with van der Waals surface area (Å²) in [6.07, 6.45) is -2.67. The number of amides is 2. The molecule has 0 aliphatic carbocycles. The van der Waals surface area contributed by atoms with Crippen molar-refractivity contribution in [3.8, 4) is 0 Å². The number of carbonyl (C=O) groups excluding carboxylic acids is 2. The molecule has 2 bridgehead atoms.